The first-order valence-corrected chi connectivity index (χ1v) is 14.2. The highest BCUT2D eigenvalue weighted by atomic mass is 32.2. The molecule has 9 nitrogen and oxygen atoms in total. The van der Waals surface area contributed by atoms with Gasteiger partial charge in [-0.15, -0.1) is 0 Å². The van der Waals surface area contributed by atoms with Crippen LogP contribution in [0.25, 0.3) is 11.0 Å². The van der Waals surface area contributed by atoms with Gasteiger partial charge in [-0.05, 0) is 37.1 Å². The van der Waals surface area contributed by atoms with Gasteiger partial charge < -0.3 is 10.2 Å². The van der Waals surface area contributed by atoms with Gasteiger partial charge in [0, 0.05) is 58.0 Å². The number of anilines is 1. The van der Waals surface area contributed by atoms with Crippen LogP contribution in [0, 0.1) is 5.92 Å². The molecule has 2 aliphatic rings. The van der Waals surface area contributed by atoms with Gasteiger partial charge in [-0.3, -0.25) is 9.69 Å². The molecule has 186 valence electrons. The lowest BCUT2D eigenvalue weighted by Crippen LogP contribution is -2.49. The minimum absolute atomic E-state index is 0.0682. The highest BCUT2D eigenvalue weighted by Gasteiger charge is 2.34. The Bertz CT molecular complexity index is 1260. The number of hydrogen-bond donors (Lipinski definition) is 1. The van der Waals surface area contributed by atoms with Crippen LogP contribution in [-0.4, -0.2) is 84.6 Å². The summed E-state index contributed by atoms with van der Waals surface area (Å²) in [4.78, 5) is 17.8. The Kier molecular flexibility index (Phi) is 7.28. The number of fused-ring (bicyclic) bond motifs is 1. The predicted octanol–water partition coefficient (Wildman–Crippen LogP) is 2.03. The maximum atomic E-state index is 13.3. The number of piperazine rings is 1. The molecule has 0 bridgehead atoms. The van der Waals surface area contributed by atoms with Crippen LogP contribution in [-0.2, 0) is 14.8 Å². The standard InChI is InChI=1S/C24H30N6O3S2/c31-24(25-11-13-28-14-16-29(17-15-28)20-7-2-1-3-8-20)19-6-5-12-30(18-19)35(32,33)22-10-4-9-21-23(22)27-34-26-21/h1-4,7-10,19H,5-6,11-18H2,(H,25,31). The molecule has 2 saturated heterocycles. The second-order valence-electron chi connectivity index (χ2n) is 9.05. The molecule has 11 heteroatoms. The predicted molar refractivity (Wildman–Crippen MR) is 137 cm³/mol. The van der Waals surface area contributed by atoms with E-state index < -0.39 is 10.0 Å². The minimum atomic E-state index is -3.75. The van der Waals surface area contributed by atoms with E-state index in [-0.39, 0.29) is 23.3 Å². The molecule has 2 fully saturated rings. The summed E-state index contributed by atoms with van der Waals surface area (Å²) in [5, 5.41) is 3.04. The zero-order valence-corrected chi connectivity index (χ0v) is 21.2. The summed E-state index contributed by atoms with van der Waals surface area (Å²) in [6.07, 6.45) is 1.35. The lowest BCUT2D eigenvalue weighted by Gasteiger charge is -2.36. The molecule has 3 heterocycles. The first kappa shape index (κ1) is 24.1. The van der Waals surface area contributed by atoms with Crippen LogP contribution in [0.1, 0.15) is 12.8 Å². The van der Waals surface area contributed by atoms with E-state index in [1.54, 1.807) is 18.2 Å². The Hall–Kier alpha value is -2.60. The monoisotopic (exact) mass is 514 g/mol. The van der Waals surface area contributed by atoms with Crippen molar-refractivity contribution in [3.8, 4) is 0 Å². The van der Waals surface area contributed by atoms with E-state index in [0.717, 1.165) is 44.5 Å². The van der Waals surface area contributed by atoms with Gasteiger partial charge in [-0.25, -0.2) is 8.42 Å². The number of para-hydroxylation sites is 1. The number of amides is 1. The third kappa shape index (κ3) is 5.32. The molecule has 35 heavy (non-hydrogen) atoms. The number of nitrogens with zero attached hydrogens (tertiary/aromatic N) is 5. The highest BCUT2D eigenvalue weighted by Crippen LogP contribution is 2.28. The molecule has 1 N–H and O–H groups in total. The van der Waals surface area contributed by atoms with Crippen LogP contribution in [0.15, 0.2) is 53.4 Å². The van der Waals surface area contributed by atoms with Gasteiger partial charge in [-0.1, -0.05) is 24.3 Å². The van der Waals surface area contributed by atoms with Crippen molar-refractivity contribution in [3.63, 3.8) is 0 Å². The van der Waals surface area contributed by atoms with E-state index in [2.05, 4.69) is 48.1 Å². The molecule has 0 aliphatic carbocycles. The number of carbonyl (C=O) groups excluding carboxylic acids is 1. The van der Waals surface area contributed by atoms with Crippen molar-refractivity contribution in [1.82, 2.24) is 23.3 Å². The number of rotatable bonds is 7. The molecule has 1 unspecified atom stereocenters. The summed E-state index contributed by atoms with van der Waals surface area (Å²) in [5.74, 6) is -0.414. The molecular weight excluding hydrogens is 484 g/mol. The summed E-state index contributed by atoms with van der Waals surface area (Å²) in [5.41, 5.74) is 2.22. The number of carbonyl (C=O) groups is 1. The van der Waals surface area contributed by atoms with Gasteiger partial charge in [0.1, 0.15) is 15.9 Å². The summed E-state index contributed by atoms with van der Waals surface area (Å²) in [6, 6.07) is 15.4. The minimum Gasteiger partial charge on any atom is -0.369 e. The van der Waals surface area contributed by atoms with E-state index in [0.29, 0.717) is 37.0 Å². The molecule has 3 aromatic rings. The molecule has 5 rings (SSSR count). The Morgan fingerprint density at radius 3 is 2.60 bits per heavy atom. The Balaban J connectivity index is 1.12. The van der Waals surface area contributed by atoms with E-state index >= 15 is 0 Å². The van der Waals surface area contributed by atoms with Crippen molar-refractivity contribution in [1.29, 1.82) is 0 Å². The molecule has 1 aromatic heterocycles. The largest absolute Gasteiger partial charge is 0.369 e. The molecule has 1 atom stereocenters. The smallest absolute Gasteiger partial charge is 0.245 e. The third-order valence-electron chi connectivity index (χ3n) is 6.84. The number of piperidine rings is 1. The fourth-order valence-corrected chi connectivity index (χ4v) is 7.13. The van der Waals surface area contributed by atoms with Crippen molar-refractivity contribution >= 4 is 44.4 Å². The van der Waals surface area contributed by atoms with Crippen LogP contribution in [0.2, 0.25) is 0 Å². The van der Waals surface area contributed by atoms with E-state index in [1.165, 1.54) is 9.99 Å². The Morgan fingerprint density at radius 2 is 1.80 bits per heavy atom. The number of benzene rings is 2. The van der Waals surface area contributed by atoms with E-state index in [1.807, 2.05) is 6.07 Å². The van der Waals surface area contributed by atoms with Crippen LogP contribution >= 0.6 is 11.7 Å². The number of sulfonamides is 1. The number of aromatic nitrogens is 2. The molecule has 0 spiro atoms. The molecule has 2 aliphatic heterocycles. The second kappa shape index (κ2) is 10.6. The first-order valence-electron chi connectivity index (χ1n) is 12.0. The number of nitrogens with one attached hydrogen (secondary N) is 1. The average molecular weight is 515 g/mol. The summed E-state index contributed by atoms with van der Waals surface area (Å²) >= 11 is 1.00. The third-order valence-corrected chi connectivity index (χ3v) is 9.28. The zero-order valence-electron chi connectivity index (χ0n) is 19.5. The molecule has 0 saturated carbocycles. The van der Waals surface area contributed by atoms with Crippen LogP contribution in [0.4, 0.5) is 5.69 Å². The maximum absolute atomic E-state index is 13.3. The average Bonchev–Trinajstić information content (AvgIpc) is 3.39. The van der Waals surface area contributed by atoms with Gasteiger partial charge in [0.15, 0.2) is 0 Å². The van der Waals surface area contributed by atoms with Crippen molar-refractivity contribution in [2.24, 2.45) is 5.92 Å². The molecule has 2 aromatic carbocycles. The number of hydrogen-bond acceptors (Lipinski definition) is 8. The summed E-state index contributed by atoms with van der Waals surface area (Å²) in [6.45, 7) is 5.81. The fourth-order valence-electron chi connectivity index (χ4n) is 4.85. The maximum Gasteiger partial charge on any atom is 0.245 e. The Labute approximate surface area is 210 Å². The summed E-state index contributed by atoms with van der Waals surface area (Å²) < 4.78 is 36.4. The zero-order chi connectivity index (χ0) is 24.3. The normalized spacial score (nSPS) is 20.2. The highest BCUT2D eigenvalue weighted by molar-refractivity contribution is 7.89. The van der Waals surface area contributed by atoms with Crippen molar-refractivity contribution in [2.75, 3.05) is 57.3 Å². The Morgan fingerprint density at radius 1 is 1.00 bits per heavy atom. The van der Waals surface area contributed by atoms with E-state index in [4.69, 9.17) is 0 Å². The van der Waals surface area contributed by atoms with Crippen molar-refractivity contribution in [3.05, 3.63) is 48.5 Å². The van der Waals surface area contributed by atoms with Crippen LogP contribution < -0.4 is 10.2 Å². The van der Waals surface area contributed by atoms with E-state index in [9.17, 15) is 13.2 Å². The quantitative estimate of drug-likeness (QED) is 0.515. The van der Waals surface area contributed by atoms with Gasteiger partial charge in [0.05, 0.1) is 17.6 Å². The van der Waals surface area contributed by atoms with Gasteiger partial charge in [-0.2, -0.15) is 13.1 Å². The topological polar surface area (TPSA) is 98.7 Å². The molecular formula is C24H30N6O3S2. The lowest BCUT2D eigenvalue weighted by atomic mass is 9.99. The SMILES string of the molecule is O=C(NCCN1CCN(c2ccccc2)CC1)C1CCCN(S(=O)(=O)c2cccc3nsnc23)C1. The lowest BCUT2D eigenvalue weighted by molar-refractivity contribution is -0.126. The molecule has 1 amide bonds. The van der Waals surface area contributed by atoms with Crippen molar-refractivity contribution in [2.45, 2.75) is 17.7 Å². The second-order valence-corrected chi connectivity index (χ2v) is 11.5. The fraction of sp³-hybridized carbons (Fsp3) is 0.458. The van der Waals surface area contributed by atoms with Crippen LogP contribution in [0.3, 0.4) is 0 Å². The van der Waals surface area contributed by atoms with Gasteiger partial charge in [0.25, 0.3) is 0 Å². The van der Waals surface area contributed by atoms with Crippen LogP contribution in [0.5, 0.6) is 0 Å². The van der Waals surface area contributed by atoms with Gasteiger partial charge in [0.2, 0.25) is 15.9 Å². The van der Waals surface area contributed by atoms with Gasteiger partial charge >= 0.3 is 0 Å². The first-order chi connectivity index (χ1) is 17.0. The summed E-state index contributed by atoms with van der Waals surface area (Å²) in [7, 11) is -3.75. The molecule has 0 radical (unpaired) electrons. The van der Waals surface area contributed by atoms with Crippen molar-refractivity contribution < 1.29 is 13.2 Å².